The average Bonchev–Trinajstić information content (AvgIpc) is 2.45. The second-order valence-corrected chi connectivity index (χ2v) is 3.82. The van der Waals surface area contributed by atoms with Crippen LogP contribution in [0.1, 0.15) is 5.82 Å². The minimum absolute atomic E-state index is 0.294. The smallest absolute Gasteiger partial charge is 0.240 e. The first-order valence-corrected chi connectivity index (χ1v) is 4.91. The molecule has 2 N–H and O–H groups in total. The predicted octanol–water partition coefficient (Wildman–Crippen LogP) is 1.92. The van der Waals surface area contributed by atoms with E-state index in [4.69, 9.17) is 5.73 Å². The van der Waals surface area contributed by atoms with Gasteiger partial charge in [-0.05, 0) is 25.1 Å². The van der Waals surface area contributed by atoms with Crippen LogP contribution >= 0.6 is 15.9 Å². The van der Waals surface area contributed by atoms with E-state index in [1.165, 1.54) is 0 Å². The van der Waals surface area contributed by atoms with Crippen LogP contribution in [0.3, 0.4) is 0 Å². The number of benzene rings is 1. The Kier molecular flexibility index (Phi) is 2.25. The summed E-state index contributed by atoms with van der Waals surface area (Å²) in [5, 5.41) is 4.08. The number of rotatable bonds is 1. The van der Waals surface area contributed by atoms with Crippen LogP contribution in [0.25, 0.3) is 5.69 Å². The monoisotopic (exact) mass is 252 g/mol. The summed E-state index contributed by atoms with van der Waals surface area (Å²) in [7, 11) is 0. The molecule has 1 aromatic carbocycles. The van der Waals surface area contributed by atoms with Gasteiger partial charge in [-0.15, -0.1) is 5.10 Å². The number of aromatic nitrogens is 3. The molecule has 5 heteroatoms. The lowest BCUT2D eigenvalue weighted by Crippen LogP contribution is -1.99. The Hall–Kier alpha value is -1.36. The van der Waals surface area contributed by atoms with Crippen LogP contribution in [0, 0.1) is 6.92 Å². The van der Waals surface area contributed by atoms with Gasteiger partial charge in [0.2, 0.25) is 5.95 Å². The van der Waals surface area contributed by atoms with Gasteiger partial charge >= 0.3 is 0 Å². The van der Waals surface area contributed by atoms with Gasteiger partial charge in [0, 0.05) is 4.47 Å². The molecule has 0 atom stereocenters. The van der Waals surface area contributed by atoms with Crippen LogP contribution in [0.4, 0.5) is 5.95 Å². The molecule has 0 aliphatic carbocycles. The molecule has 0 bridgehead atoms. The van der Waals surface area contributed by atoms with Crippen molar-refractivity contribution in [3.8, 4) is 5.69 Å². The van der Waals surface area contributed by atoms with Crippen molar-refractivity contribution >= 4 is 21.9 Å². The molecule has 0 fully saturated rings. The number of anilines is 1. The van der Waals surface area contributed by atoms with E-state index in [2.05, 4.69) is 26.0 Å². The first-order valence-electron chi connectivity index (χ1n) is 4.12. The van der Waals surface area contributed by atoms with E-state index in [-0.39, 0.29) is 0 Å². The van der Waals surface area contributed by atoms with Crippen molar-refractivity contribution in [1.29, 1.82) is 0 Å². The van der Waals surface area contributed by atoms with E-state index < -0.39 is 0 Å². The highest BCUT2D eigenvalue weighted by molar-refractivity contribution is 9.10. The molecule has 0 aliphatic heterocycles. The van der Waals surface area contributed by atoms with Crippen LogP contribution in [0.2, 0.25) is 0 Å². The van der Waals surface area contributed by atoms with Crippen molar-refractivity contribution in [3.63, 3.8) is 0 Å². The Balaban J connectivity index is 2.54. The number of hydrogen-bond donors (Lipinski definition) is 1. The summed E-state index contributed by atoms with van der Waals surface area (Å²) in [4.78, 5) is 4.03. The zero-order valence-electron chi connectivity index (χ0n) is 7.61. The molecular formula is C9H9BrN4. The number of nitrogen functional groups attached to an aromatic ring is 1. The summed E-state index contributed by atoms with van der Waals surface area (Å²) in [5.41, 5.74) is 6.45. The number of halogens is 1. The third kappa shape index (κ3) is 1.63. The Labute approximate surface area is 89.9 Å². The molecule has 0 saturated heterocycles. The summed E-state index contributed by atoms with van der Waals surface area (Å²) in [6.07, 6.45) is 0. The molecule has 0 unspecified atom stereocenters. The maximum absolute atomic E-state index is 5.50. The Bertz CT molecular complexity index is 464. The van der Waals surface area contributed by atoms with Gasteiger partial charge in [0.25, 0.3) is 0 Å². The molecule has 2 aromatic rings. The van der Waals surface area contributed by atoms with Gasteiger partial charge in [-0.25, -0.2) is 4.68 Å². The Morgan fingerprint density at radius 3 is 2.79 bits per heavy atom. The van der Waals surface area contributed by atoms with Crippen LogP contribution in [-0.4, -0.2) is 14.8 Å². The minimum Gasteiger partial charge on any atom is -0.366 e. The van der Waals surface area contributed by atoms with Crippen molar-refractivity contribution in [2.24, 2.45) is 0 Å². The van der Waals surface area contributed by atoms with E-state index in [1.54, 1.807) is 4.68 Å². The highest BCUT2D eigenvalue weighted by atomic mass is 79.9. The molecule has 0 radical (unpaired) electrons. The van der Waals surface area contributed by atoms with Crippen molar-refractivity contribution in [2.45, 2.75) is 6.92 Å². The molecule has 0 aliphatic rings. The van der Waals surface area contributed by atoms with E-state index >= 15 is 0 Å². The van der Waals surface area contributed by atoms with Crippen molar-refractivity contribution in [2.75, 3.05) is 5.73 Å². The summed E-state index contributed by atoms with van der Waals surface area (Å²) < 4.78 is 2.71. The van der Waals surface area contributed by atoms with Crippen LogP contribution in [0.15, 0.2) is 28.7 Å². The second kappa shape index (κ2) is 3.42. The SMILES string of the molecule is Cc1nc(N)nn1-c1cccc(Br)c1. The fourth-order valence-corrected chi connectivity index (χ4v) is 1.65. The van der Waals surface area contributed by atoms with Crippen molar-refractivity contribution < 1.29 is 0 Å². The van der Waals surface area contributed by atoms with Gasteiger partial charge in [-0.1, -0.05) is 22.0 Å². The quantitative estimate of drug-likeness (QED) is 0.844. The minimum atomic E-state index is 0.294. The van der Waals surface area contributed by atoms with Crippen LogP contribution in [-0.2, 0) is 0 Å². The number of hydrogen-bond acceptors (Lipinski definition) is 3. The first kappa shape index (κ1) is 9.21. The zero-order chi connectivity index (χ0) is 10.1. The summed E-state index contributed by atoms with van der Waals surface area (Å²) >= 11 is 3.40. The number of nitrogens with zero attached hydrogens (tertiary/aromatic N) is 3. The second-order valence-electron chi connectivity index (χ2n) is 2.91. The largest absolute Gasteiger partial charge is 0.366 e. The molecule has 4 nitrogen and oxygen atoms in total. The normalized spacial score (nSPS) is 10.4. The van der Waals surface area contributed by atoms with Crippen molar-refractivity contribution in [1.82, 2.24) is 14.8 Å². The van der Waals surface area contributed by atoms with Gasteiger partial charge in [-0.2, -0.15) is 4.98 Å². The lowest BCUT2D eigenvalue weighted by molar-refractivity contribution is 0.842. The van der Waals surface area contributed by atoms with E-state index in [0.717, 1.165) is 16.0 Å². The number of aryl methyl sites for hydroxylation is 1. The lowest BCUT2D eigenvalue weighted by atomic mass is 10.3. The maximum atomic E-state index is 5.50. The van der Waals surface area contributed by atoms with Crippen LogP contribution in [0.5, 0.6) is 0 Å². The van der Waals surface area contributed by atoms with Gasteiger partial charge in [-0.3, -0.25) is 0 Å². The van der Waals surface area contributed by atoms with Crippen molar-refractivity contribution in [3.05, 3.63) is 34.6 Å². The van der Waals surface area contributed by atoms with Gasteiger partial charge in [0.05, 0.1) is 5.69 Å². The Morgan fingerprint density at radius 1 is 1.43 bits per heavy atom. The Morgan fingerprint density at radius 2 is 2.21 bits per heavy atom. The van der Waals surface area contributed by atoms with Gasteiger partial charge < -0.3 is 5.73 Å². The molecule has 2 rings (SSSR count). The van der Waals surface area contributed by atoms with E-state index in [1.807, 2.05) is 31.2 Å². The van der Waals surface area contributed by atoms with Gasteiger partial charge in [0.1, 0.15) is 5.82 Å². The van der Waals surface area contributed by atoms with E-state index in [9.17, 15) is 0 Å². The molecule has 14 heavy (non-hydrogen) atoms. The maximum Gasteiger partial charge on any atom is 0.240 e. The summed E-state index contributed by atoms with van der Waals surface area (Å²) in [6, 6.07) is 7.81. The first-order chi connectivity index (χ1) is 6.66. The fourth-order valence-electron chi connectivity index (χ4n) is 1.26. The van der Waals surface area contributed by atoms with Gasteiger partial charge in [0.15, 0.2) is 0 Å². The summed E-state index contributed by atoms with van der Waals surface area (Å²) in [5.74, 6) is 1.07. The molecule has 72 valence electrons. The predicted molar refractivity (Wildman–Crippen MR) is 58.2 cm³/mol. The summed E-state index contributed by atoms with van der Waals surface area (Å²) in [6.45, 7) is 1.87. The fraction of sp³-hybridized carbons (Fsp3) is 0.111. The standard InChI is InChI=1S/C9H9BrN4/c1-6-12-9(11)13-14(6)8-4-2-3-7(10)5-8/h2-5H,1H3,(H2,11,13). The third-order valence-corrected chi connectivity index (χ3v) is 2.33. The topological polar surface area (TPSA) is 56.7 Å². The zero-order valence-corrected chi connectivity index (χ0v) is 9.19. The highest BCUT2D eigenvalue weighted by Gasteiger charge is 2.04. The molecule has 0 amide bonds. The number of nitrogens with two attached hydrogens (primary N) is 1. The molecule has 0 spiro atoms. The lowest BCUT2D eigenvalue weighted by Gasteiger charge is -2.02. The third-order valence-electron chi connectivity index (χ3n) is 1.84. The molecule has 0 saturated carbocycles. The molecule has 1 heterocycles. The molecule has 1 aromatic heterocycles. The highest BCUT2D eigenvalue weighted by Crippen LogP contribution is 2.16. The average molecular weight is 253 g/mol. The van der Waals surface area contributed by atoms with Crippen LogP contribution < -0.4 is 5.73 Å². The van der Waals surface area contributed by atoms with E-state index in [0.29, 0.717) is 5.95 Å². The molecular weight excluding hydrogens is 244 g/mol.